The van der Waals surface area contributed by atoms with Crippen molar-refractivity contribution in [3.05, 3.63) is 83.8 Å². The number of nitrogens with one attached hydrogen (secondary N) is 1. The zero-order valence-electron chi connectivity index (χ0n) is 16.0. The SMILES string of the molecule is Cc1cc(C)n(-c2cncc(NCc3ccc(Oc4ccc(F)cc4)nc3)n2)n1. The number of aryl methyl sites for hydroxylation is 2. The van der Waals surface area contributed by atoms with Gasteiger partial charge in [-0.25, -0.2) is 19.0 Å². The Labute approximate surface area is 167 Å². The lowest BCUT2D eigenvalue weighted by Crippen LogP contribution is -2.07. The average Bonchev–Trinajstić information content (AvgIpc) is 3.07. The summed E-state index contributed by atoms with van der Waals surface area (Å²) in [5.41, 5.74) is 2.88. The van der Waals surface area contributed by atoms with E-state index in [4.69, 9.17) is 4.74 Å². The number of hydrogen-bond acceptors (Lipinski definition) is 6. The number of benzene rings is 1. The Balaban J connectivity index is 1.39. The zero-order chi connectivity index (χ0) is 20.2. The van der Waals surface area contributed by atoms with Crippen LogP contribution >= 0.6 is 0 Å². The number of anilines is 1. The molecule has 0 aliphatic heterocycles. The van der Waals surface area contributed by atoms with E-state index in [1.54, 1.807) is 41.5 Å². The van der Waals surface area contributed by atoms with Crippen LogP contribution in [0.3, 0.4) is 0 Å². The summed E-state index contributed by atoms with van der Waals surface area (Å²) in [7, 11) is 0. The van der Waals surface area contributed by atoms with Crippen LogP contribution in [0.4, 0.5) is 10.2 Å². The molecule has 0 fully saturated rings. The van der Waals surface area contributed by atoms with Gasteiger partial charge in [0.05, 0.1) is 18.1 Å². The number of halogens is 1. The van der Waals surface area contributed by atoms with Crippen LogP contribution in [-0.2, 0) is 6.54 Å². The summed E-state index contributed by atoms with van der Waals surface area (Å²) in [6.07, 6.45) is 5.05. The van der Waals surface area contributed by atoms with Gasteiger partial charge < -0.3 is 10.1 Å². The second kappa shape index (κ2) is 8.05. The van der Waals surface area contributed by atoms with Gasteiger partial charge in [-0.15, -0.1) is 0 Å². The predicted molar refractivity (Wildman–Crippen MR) is 107 cm³/mol. The fraction of sp³-hybridized carbons (Fsp3) is 0.143. The minimum Gasteiger partial charge on any atom is -0.439 e. The Morgan fingerprint density at radius 2 is 1.86 bits per heavy atom. The number of pyridine rings is 1. The molecule has 0 aliphatic rings. The highest BCUT2D eigenvalue weighted by molar-refractivity contribution is 5.38. The molecule has 0 unspecified atom stereocenters. The van der Waals surface area contributed by atoms with Crippen molar-refractivity contribution in [2.45, 2.75) is 20.4 Å². The first kappa shape index (κ1) is 18.5. The molecule has 0 bridgehead atoms. The highest BCUT2D eigenvalue weighted by atomic mass is 19.1. The number of hydrogen-bond donors (Lipinski definition) is 1. The number of rotatable bonds is 6. The first-order valence-corrected chi connectivity index (χ1v) is 9.05. The highest BCUT2D eigenvalue weighted by Gasteiger charge is 2.07. The highest BCUT2D eigenvalue weighted by Crippen LogP contribution is 2.20. The average molecular weight is 390 g/mol. The molecule has 0 aliphatic carbocycles. The Morgan fingerprint density at radius 3 is 2.55 bits per heavy atom. The minimum atomic E-state index is -0.309. The van der Waals surface area contributed by atoms with E-state index >= 15 is 0 Å². The van der Waals surface area contributed by atoms with E-state index in [1.165, 1.54) is 12.1 Å². The quantitative estimate of drug-likeness (QED) is 0.531. The largest absolute Gasteiger partial charge is 0.439 e. The smallest absolute Gasteiger partial charge is 0.219 e. The van der Waals surface area contributed by atoms with Gasteiger partial charge >= 0.3 is 0 Å². The van der Waals surface area contributed by atoms with Crippen molar-refractivity contribution in [1.29, 1.82) is 0 Å². The molecule has 0 spiro atoms. The third kappa shape index (κ3) is 4.55. The van der Waals surface area contributed by atoms with Crippen molar-refractivity contribution in [2.75, 3.05) is 5.32 Å². The van der Waals surface area contributed by atoms with Crippen molar-refractivity contribution in [3.63, 3.8) is 0 Å². The van der Waals surface area contributed by atoms with E-state index in [9.17, 15) is 4.39 Å². The van der Waals surface area contributed by atoms with Gasteiger partial charge in [-0.2, -0.15) is 5.10 Å². The summed E-state index contributed by atoms with van der Waals surface area (Å²) in [6, 6.07) is 11.4. The molecule has 4 rings (SSSR count). The van der Waals surface area contributed by atoms with Crippen LogP contribution in [0.15, 0.2) is 61.1 Å². The van der Waals surface area contributed by atoms with Gasteiger partial charge in [-0.3, -0.25) is 4.98 Å². The Bertz CT molecular complexity index is 1110. The van der Waals surface area contributed by atoms with Crippen molar-refractivity contribution in [1.82, 2.24) is 24.7 Å². The predicted octanol–water partition coefficient (Wildman–Crippen LogP) is 4.22. The van der Waals surface area contributed by atoms with E-state index in [-0.39, 0.29) is 5.82 Å². The molecule has 7 nitrogen and oxygen atoms in total. The molecule has 0 saturated carbocycles. The lowest BCUT2D eigenvalue weighted by molar-refractivity contribution is 0.461. The summed E-state index contributed by atoms with van der Waals surface area (Å²) in [5.74, 6) is 1.95. The minimum absolute atomic E-state index is 0.309. The molecule has 0 atom stereocenters. The van der Waals surface area contributed by atoms with Gasteiger partial charge in [0.1, 0.15) is 17.4 Å². The Hall–Kier alpha value is -3.81. The topological polar surface area (TPSA) is 77.8 Å². The molecular weight excluding hydrogens is 371 g/mol. The molecule has 0 amide bonds. The number of nitrogens with zero attached hydrogens (tertiary/aromatic N) is 5. The fourth-order valence-electron chi connectivity index (χ4n) is 2.80. The molecule has 8 heteroatoms. The van der Waals surface area contributed by atoms with E-state index in [2.05, 4.69) is 25.4 Å². The molecule has 146 valence electrons. The summed E-state index contributed by atoms with van der Waals surface area (Å²) in [6.45, 7) is 4.44. The van der Waals surface area contributed by atoms with Crippen LogP contribution in [0.25, 0.3) is 5.82 Å². The Kier molecular flexibility index (Phi) is 5.15. The standard InChI is InChI=1S/C21H19FN6O/c1-14-9-15(2)28(27-14)20-13-23-12-19(26-20)24-10-16-3-8-21(25-11-16)29-18-6-4-17(22)5-7-18/h3-9,11-13H,10H2,1-2H3,(H,24,26). The maximum atomic E-state index is 13.0. The molecule has 4 aromatic rings. The molecule has 1 aromatic carbocycles. The molecule has 29 heavy (non-hydrogen) atoms. The van der Waals surface area contributed by atoms with Crippen LogP contribution in [0, 0.1) is 19.7 Å². The summed E-state index contributed by atoms with van der Waals surface area (Å²) >= 11 is 0. The summed E-state index contributed by atoms with van der Waals surface area (Å²) in [5, 5.41) is 7.67. The first-order chi connectivity index (χ1) is 14.1. The normalized spacial score (nSPS) is 10.7. The van der Waals surface area contributed by atoms with Crippen LogP contribution in [0.1, 0.15) is 17.0 Å². The number of aromatic nitrogens is 5. The van der Waals surface area contributed by atoms with Crippen LogP contribution < -0.4 is 10.1 Å². The lowest BCUT2D eigenvalue weighted by atomic mass is 10.3. The van der Waals surface area contributed by atoms with Crippen molar-refractivity contribution in [2.24, 2.45) is 0 Å². The van der Waals surface area contributed by atoms with Gasteiger partial charge in [0.2, 0.25) is 5.88 Å². The van der Waals surface area contributed by atoms with Gasteiger partial charge in [0.15, 0.2) is 5.82 Å². The van der Waals surface area contributed by atoms with Gasteiger partial charge in [0.25, 0.3) is 0 Å². The van der Waals surface area contributed by atoms with E-state index in [0.29, 0.717) is 29.8 Å². The molecule has 0 radical (unpaired) electrons. The first-order valence-electron chi connectivity index (χ1n) is 9.05. The van der Waals surface area contributed by atoms with E-state index in [1.807, 2.05) is 26.0 Å². The van der Waals surface area contributed by atoms with Gasteiger partial charge in [-0.05, 0) is 49.7 Å². The second-order valence-electron chi connectivity index (χ2n) is 6.52. The fourth-order valence-corrected chi connectivity index (χ4v) is 2.80. The second-order valence-corrected chi connectivity index (χ2v) is 6.52. The van der Waals surface area contributed by atoms with E-state index < -0.39 is 0 Å². The molecule has 3 aromatic heterocycles. The van der Waals surface area contributed by atoms with Crippen LogP contribution in [0.2, 0.25) is 0 Å². The maximum absolute atomic E-state index is 13.0. The summed E-state index contributed by atoms with van der Waals surface area (Å²) < 4.78 is 20.3. The zero-order valence-corrected chi connectivity index (χ0v) is 16.0. The summed E-state index contributed by atoms with van der Waals surface area (Å²) in [4.78, 5) is 13.1. The molecule has 0 saturated heterocycles. The lowest BCUT2D eigenvalue weighted by Gasteiger charge is -2.09. The maximum Gasteiger partial charge on any atom is 0.219 e. The third-order valence-electron chi connectivity index (χ3n) is 4.16. The van der Waals surface area contributed by atoms with E-state index in [0.717, 1.165) is 17.0 Å². The van der Waals surface area contributed by atoms with Crippen molar-refractivity contribution >= 4 is 5.82 Å². The van der Waals surface area contributed by atoms with Crippen LogP contribution in [0.5, 0.6) is 11.6 Å². The number of ether oxygens (including phenoxy) is 1. The molecule has 3 heterocycles. The molecular formula is C21H19FN6O. The Morgan fingerprint density at radius 1 is 1.03 bits per heavy atom. The van der Waals surface area contributed by atoms with Crippen LogP contribution in [-0.4, -0.2) is 24.7 Å². The van der Waals surface area contributed by atoms with Gasteiger partial charge in [0, 0.05) is 24.5 Å². The molecule has 1 N–H and O–H groups in total. The van der Waals surface area contributed by atoms with Crippen molar-refractivity contribution < 1.29 is 9.13 Å². The van der Waals surface area contributed by atoms with Crippen molar-refractivity contribution in [3.8, 4) is 17.4 Å². The third-order valence-corrected chi connectivity index (χ3v) is 4.16. The monoisotopic (exact) mass is 390 g/mol. The van der Waals surface area contributed by atoms with Gasteiger partial charge in [-0.1, -0.05) is 6.07 Å².